The van der Waals surface area contributed by atoms with Gasteiger partial charge in [0.1, 0.15) is 0 Å². The van der Waals surface area contributed by atoms with Crippen LogP contribution in [0.25, 0.3) is 0 Å². The number of likely N-dealkylation sites (tertiary alicyclic amines) is 1. The number of fused-ring (bicyclic) bond motifs is 2. The molecule has 2 unspecified atom stereocenters. The van der Waals surface area contributed by atoms with Crippen molar-refractivity contribution in [2.45, 2.75) is 19.3 Å². The van der Waals surface area contributed by atoms with Crippen LogP contribution in [0.1, 0.15) is 19.3 Å². The molecular weight excluding hydrogens is 124 g/mol. The Balaban J connectivity index is 2.04. The minimum absolute atomic E-state index is 0.846. The van der Waals surface area contributed by atoms with Crippen molar-refractivity contribution in [2.24, 2.45) is 11.8 Å². The maximum absolute atomic E-state index is 8.63. The third kappa shape index (κ3) is 0.862. The van der Waals surface area contributed by atoms with Gasteiger partial charge in [-0.05, 0) is 31.1 Å². The minimum Gasteiger partial charge on any atom is -0.310 e. The van der Waals surface area contributed by atoms with Crippen LogP contribution < -0.4 is 0 Å². The average Bonchev–Trinajstić information content (AvgIpc) is 2.30. The Morgan fingerprint density at radius 2 is 1.80 bits per heavy atom. The summed E-state index contributed by atoms with van der Waals surface area (Å²) >= 11 is 0. The van der Waals surface area contributed by atoms with E-state index in [0.29, 0.717) is 0 Å². The first-order chi connectivity index (χ1) is 4.88. The van der Waals surface area contributed by atoms with Gasteiger partial charge in [-0.2, -0.15) is 5.26 Å². The molecule has 0 aromatic rings. The Kier molecular flexibility index (Phi) is 1.30. The maximum Gasteiger partial charge on any atom is 0.179 e. The molecule has 2 rings (SSSR count). The third-order valence-electron chi connectivity index (χ3n) is 2.75. The Morgan fingerprint density at radius 3 is 2.30 bits per heavy atom. The molecule has 54 valence electrons. The zero-order chi connectivity index (χ0) is 6.97. The van der Waals surface area contributed by atoms with E-state index >= 15 is 0 Å². The van der Waals surface area contributed by atoms with Crippen molar-refractivity contribution < 1.29 is 0 Å². The van der Waals surface area contributed by atoms with E-state index in [-0.39, 0.29) is 0 Å². The lowest BCUT2D eigenvalue weighted by atomic mass is 10.00. The molecule has 1 aliphatic carbocycles. The number of piperidine rings is 1. The van der Waals surface area contributed by atoms with E-state index in [1.165, 1.54) is 19.3 Å². The Labute approximate surface area is 61.4 Å². The van der Waals surface area contributed by atoms with Gasteiger partial charge in [0.25, 0.3) is 0 Å². The van der Waals surface area contributed by atoms with Gasteiger partial charge in [-0.1, -0.05) is 0 Å². The molecule has 0 N–H and O–H groups in total. The fourth-order valence-corrected chi connectivity index (χ4v) is 2.29. The Morgan fingerprint density at radius 1 is 1.20 bits per heavy atom. The number of nitriles is 1. The fraction of sp³-hybridized carbons (Fsp3) is 0.875. The highest BCUT2D eigenvalue weighted by atomic mass is 15.1. The summed E-state index contributed by atoms with van der Waals surface area (Å²) in [6, 6.07) is 0. The molecule has 1 saturated carbocycles. The molecule has 10 heavy (non-hydrogen) atoms. The first-order valence-corrected chi connectivity index (χ1v) is 4.03. The molecule has 1 saturated heterocycles. The molecule has 0 aromatic heterocycles. The van der Waals surface area contributed by atoms with Gasteiger partial charge in [-0.3, -0.25) is 0 Å². The van der Waals surface area contributed by atoms with Crippen LogP contribution in [0, 0.1) is 23.3 Å². The SMILES string of the molecule is N#CN1CC2CCC(C2)C1. The summed E-state index contributed by atoms with van der Waals surface area (Å²) < 4.78 is 0. The van der Waals surface area contributed by atoms with Crippen molar-refractivity contribution in [3.63, 3.8) is 0 Å². The molecule has 2 bridgehead atoms. The van der Waals surface area contributed by atoms with Crippen LogP contribution in [-0.4, -0.2) is 18.0 Å². The predicted molar refractivity (Wildman–Crippen MR) is 38.0 cm³/mol. The molecule has 2 atom stereocenters. The van der Waals surface area contributed by atoms with E-state index in [9.17, 15) is 0 Å². The lowest BCUT2D eigenvalue weighted by molar-refractivity contribution is 0.237. The first-order valence-electron chi connectivity index (χ1n) is 4.03. The van der Waals surface area contributed by atoms with Gasteiger partial charge >= 0.3 is 0 Å². The quantitative estimate of drug-likeness (QED) is 0.468. The van der Waals surface area contributed by atoms with Gasteiger partial charge in [0.2, 0.25) is 0 Å². The zero-order valence-corrected chi connectivity index (χ0v) is 6.08. The van der Waals surface area contributed by atoms with E-state index < -0.39 is 0 Å². The summed E-state index contributed by atoms with van der Waals surface area (Å²) in [6.45, 7) is 2.07. The highest BCUT2D eigenvalue weighted by Gasteiger charge is 2.32. The van der Waals surface area contributed by atoms with Crippen LogP contribution >= 0.6 is 0 Å². The molecule has 1 aliphatic heterocycles. The van der Waals surface area contributed by atoms with Crippen molar-refractivity contribution in [2.75, 3.05) is 13.1 Å². The van der Waals surface area contributed by atoms with Gasteiger partial charge in [0.05, 0.1) is 0 Å². The minimum atomic E-state index is 0.846. The standard InChI is InChI=1S/C8H12N2/c9-6-10-4-7-1-2-8(3-7)5-10/h7-8H,1-5H2. The molecule has 2 fully saturated rings. The van der Waals surface area contributed by atoms with Gasteiger partial charge in [-0.15, -0.1) is 0 Å². The summed E-state index contributed by atoms with van der Waals surface area (Å²) in [4.78, 5) is 1.92. The van der Waals surface area contributed by atoms with Crippen LogP contribution in [-0.2, 0) is 0 Å². The Bertz CT molecular complexity index is 159. The number of nitrogens with zero attached hydrogens (tertiary/aromatic N) is 2. The molecule has 0 amide bonds. The molecule has 2 nitrogen and oxygen atoms in total. The molecule has 0 spiro atoms. The molecule has 2 heteroatoms. The predicted octanol–water partition coefficient (Wildman–Crippen LogP) is 1.20. The first kappa shape index (κ1) is 6.03. The summed E-state index contributed by atoms with van der Waals surface area (Å²) in [6.07, 6.45) is 6.35. The second kappa shape index (κ2) is 2.16. The Hall–Kier alpha value is -0.710. The highest BCUT2D eigenvalue weighted by Crippen LogP contribution is 2.35. The van der Waals surface area contributed by atoms with Gasteiger partial charge in [0.15, 0.2) is 6.19 Å². The van der Waals surface area contributed by atoms with Crippen molar-refractivity contribution in [1.29, 1.82) is 5.26 Å². The summed E-state index contributed by atoms with van der Waals surface area (Å²) in [5.41, 5.74) is 0. The molecule has 2 aliphatic rings. The maximum atomic E-state index is 8.63. The molecule has 0 radical (unpaired) electrons. The van der Waals surface area contributed by atoms with E-state index in [2.05, 4.69) is 6.19 Å². The fourth-order valence-electron chi connectivity index (χ4n) is 2.29. The number of hydrogen-bond acceptors (Lipinski definition) is 2. The van der Waals surface area contributed by atoms with Crippen LogP contribution in [0.5, 0.6) is 0 Å². The van der Waals surface area contributed by atoms with Gasteiger partial charge < -0.3 is 4.90 Å². The van der Waals surface area contributed by atoms with Crippen LogP contribution in [0.4, 0.5) is 0 Å². The normalized spacial score (nSPS) is 37.7. The van der Waals surface area contributed by atoms with Crippen molar-refractivity contribution in [3.8, 4) is 6.19 Å². The average molecular weight is 136 g/mol. The van der Waals surface area contributed by atoms with E-state index in [1.54, 1.807) is 0 Å². The van der Waals surface area contributed by atoms with Crippen LogP contribution in [0.2, 0.25) is 0 Å². The lowest BCUT2D eigenvalue weighted by Crippen LogP contribution is -2.32. The van der Waals surface area contributed by atoms with Crippen molar-refractivity contribution in [1.82, 2.24) is 4.90 Å². The van der Waals surface area contributed by atoms with E-state index in [0.717, 1.165) is 24.9 Å². The number of rotatable bonds is 0. The molecule has 0 aromatic carbocycles. The zero-order valence-electron chi connectivity index (χ0n) is 6.08. The van der Waals surface area contributed by atoms with Gasteiger partial charge in [0, 0.05) is 13.1 Å². The largest absolute Gasteiger partial charge is 0.310 e. The highest BCUT2D eigenvalue weighted by molar-refractivity contribution is 4.90. The smallest absolute Gasteiger partial charge is 0.179 e. The second-order valence-electron chi connectivity index (χ2n) is 3.55. The van der Waals surface area contributed by atoms with Crippen molar-refractivity contribution >= 4 is 0 Å². The van der Waals surface area contributed by atoms with E-state index in [4.69, 9.17) is 5.26 Å². The summed E-state index contributed by atoms with van der Waals surface area (Å²) in [5.74, 6) is 1.69. The second-order valence-corrected chi connectivity index (χ2v) is 3.55. The van der Waals surface area contributed by atoms with Gasteiger partial charge in [-0.25, -0.2) is 0 Å². The number of hydrogen-bond donors (Lipinski definition) is 0. The van der Waals surface area contributed by atoms with Crippen molar-refractivity contribution in [3.05, 3.63) is 0 Å². The molecule has 1 heterocycles. The molecular formula is C8H12N2. The summed E-state index contributed by atoms with van der Waals surface area (Å²) in [7, 11) is 0. The monoisotopic (exact) mass is 136 g/mol. The topological polar surface area (TPSA) is 27.0 Å². The third-order valence-corrected chi connectivity index (χ3v) is 2.75. The lowest BCUT2D eigenvalue weighted by Gasteiger charge is -2.26. The van der Waals surface area contributed by atoms with Crippen LogP contribution in [0.3, 0.4) is 0 Å². The summed E-state index contributed by atoms with van der Waals surface area (Å²) in [5, 5.41) is 8.63. The van der Waals surface area contributed by atoms with E-state index in [1.807, 2.05) is 4.90 Å². The van der Waals surface area contributed by atoms with Crippen LogP contribution in [0.15, 0.2) is 0 Å².